The molecule has 7 heteroatoms. The van der Waals surface area contributed by atoms with Crippen molar-refractivity contribution in [1.82, 2.24) is 10.6 Å². The topological polar surface area (TPSA) is 84.2 Å². The van der Waals surface area contributed by atoms with Crippen LogP contribution in [-0.2, 0) is 16.0 Å². The molecule has 2 rings (SSSR count). The third kappa shape index (κ3) is 4.94. The van der Waals surface area contributed by atoms with Crippen LogP contribution < -0.4 is 16.4 Å². The Balaban J connectivity index is 1.86. The molecule has 0 aromatic heterocycles. The highest BCUT2D eigenvalue weighted by Gasteiger charge is 2.32. The summed E-state index contributed by atoms with van der Waals surface area (Å²) >= 11 is 1.39. The largest absolute Gasteiger partial charge is 0.354 e. The first-order valence-corrected chi connectivity index (χ1v) is 8.69. The van der Waals surface area contributed by atoms with Crippen molar-refractivity contribution in [3.8, 4) is 0 Å². The van der Waals surface area contributed by atoms with Crippen LogP contribution >= 0.6 is 11.8 Å². The lowest BCUT2D eigenvalue weighted by Crippen LogP contribution is -2.55. The van der Waals surface area contributed by atoms with Gasteiger partial charge in [0.15, 0.2) is 0 Å². The molecule has 1 aliphatic rings. The average molecular weight is 339 g/mol. The van der Waals surface area contributed by atoms with Crippen molar-refractivity contribution in [2.45, 2.75) is 24.6 Å². The molecular weight excluding hydrogens is 317 g/mol. The van der Waals surface area contributed by atoms with E-state index in [0.717, 1.165) is 0 Å². The molecule has 1 aromatic rings. The van der Waals surface area contributed by atoms with E-state index in [2.05, 4.69) is 10.6 Å². The molecule has 1 aromatic carbocycles. The molecule has 5 nitrogen and oxygen atoms in total. The first-order valence-electron chi connectivity index (χ1n) is 7.64. The molecule has 0 radical (unpaired) electrons. The molecule has 23 heavy (non-hydrogen) atoms. The predicted octanol–water partition coefficient (Wildman–Crippen LogP) is 0.679. The summed E-state index contributed by atoms with van der Waals surface area (Å²) in [4.78, 5) is 24.2. The Morgan fingerprint density at radius 3 is 2.91 bits per heavy atom. The van der Waals surface area contributed by atoms with Crippen LogP contribution in [0.4, 0.5) is 4.39 Å². The number of hydrogen-bond donors (Lipinski definition) is 3. The van der Waals surface area contributed by atoms with Gasteiger partial charge in [-0.3, -0.25) is 9.59 Å². The number of carbonyl (C=O) groups is 2. The van der Waals surface area contributed by atoms with E-state index in [9.17, 15) is 14.0 Å². The third-order valence-corrected chi connectivity index (χ3v) is 5.09. The van der Waals surface area contributed by atoms with Crippen molar-refractivity contribution < 1.29 is 14.0 Å². The van der Waals surface area contributed by atoms with E-state index >= 15 is 0 Å². The molecule has 1 fully saturated rings. The lowest BCUT2D eigenvalue weighted by molar-refractivity contribution is -0.128. The van der Waals surface area contributed by atoms with Crippen LogP contribution in [0.5, 0.6) is 0 Å². The Morgan fingerprint density at radius 2 is 2.26 bits per heavy atom. The first kappa shape index (κ1) is 17.7. The van der Waals surface area contributed by atoms with Gasteiger partial charge in [-0.05, 0) is 30.5 Å². The molecule has 0 bridgehead atoms. The number of amides is 2. The molecule has 0 aliphatic carbocycles. The maximum absolute atomic E-state index is 13.7. The maximum Gasteiger partial charge on any atom is 0.243 e. The van der Waals surface area contributed by atoms with Gasteiger partial charge in [0.25, 0.3) is 0 Å². The van der Waals surface area contributed by atoms with E-state index in [1.807, 2.05) is 6.92 Å². The van der Waals surface area contributed by atoms with Gasteiger partial charge in [-0.25, -0.2) is 4.39 Å². The summed E-state index contributed by atoms with van der Waals surface area (Å²) in [5.41, 5.74) is 6.02. The molecule has 3 unspecified atom stereocenters. The average Bonchev–Trinajstić information content (AvgIpc) is 2.56. The van der Waals surface area contributed by atoms with Crippen LogP contribution in [0.3, 0.4) is 0 Å². The Kier molecular flexibility index (Phi) is 6.41. The molecule has 126 valence electrons. The van der Waals surface area contributed by atoms with Gasteiger partial charge in [-0.15, -0.1) is 11.8 Å². The molecule has 2 amide bonds. The summed E-state index contributed by atoms with van der Waals surface area (Å²) in [5, 5.41) is 5.14. The van der Waals surface area contributed by atoms with Crippen LogP contribution in [0.15, 0.2) is 24.3 Å². The fourth-order valence-corrected chi connectivity index (χ4v) is 3.41. The first-order chi connectivity index (χ1) is 11.0. The van der Waals surface area contributed by atoms with Crippen molar-refractivity contribution in [2.24, 2.45) is 11.7 Å². The molecule has 0 saturated carbocycles. The SMILES string of the molecule is CC(CN)CNC(=O)C1CSC(Cc2ccccc2F)C(=O)N1. The van der Waals surface area contributed by atoms with Gasteiger partial charge in [-0.2, -0.15) is 0 Å². The predicted molar refractivity (Wildman–Crippen MR) is 89.5 cm³/mol. The molecule has 1 saturated heterocycles. The molecule has 1 aliphatic heterocycles. The summed E-state index contributed by atoms with van der Waals surface area (Å²) in [7, 11) is 0. The second-order valence-electron chi connectivity index (χ2n) is 5.76. The summed E-state index contributed by atoms with van der Waals surface area (Å²) in [6.07, 6.45) is 0.321. The highest BCUT2D eigenvalue weighted by atomic mass is 32.2. The van der Waals surface area contributed by atoms with Gasteiger partial charge in [0.2, 0.25) is 11.8 Å². The van der Waals surface area contributed by atoms with Crippen LogP contribution in [0.2, 0.25) is 0 Å². The summed E-state index contributed by atoms with van der Waals surface area (Å²) < 4.78 is 13.7. The van der Waals surface area contributed by atoms with Crippen LogP contribution in [0, 0.1) is 11.7 Å². The second kappa shape index (κ2) is 8.31. The zero-order chi connectivity index (χ0) is 16.8. The Hall–Kier alpha value is -1.60. The van der Waals surface area contributed by atoms with Crippen molar-refractivity contribution in [1.29, 1.82) is 0 Å². The van der Waals surface area contributed by atoms with E-state index in [1.54, 1.807) is 18.2 Å². The fraction of sp³-hybridized carbons (Fsp3) is 0.500. The summed E-state index contributed by atoms with van der Waals surface area (Å²) in [6, 6.07) is 5.88. The van der Waals surface area contributed by atoms with Gasteiger partial charge in [-0.1, -0.05) is 25.1 Å². The van der Waals surface area contributed by atoms with Crippen LogP contribution in [0.1, 0.15) is 12.5 Å². The monoisotopic (exact) mass is 339 g/mol. The van der Waals surface area contributed by atoms with E-state index in [4.69, 9.17) is 5.73 Å². The van der Waals surface area contributed by atoms with Crippen LogP contribution in [0.25, 0.3) is 0 Å². The zero-order valence-electron chi connectivity index (χ0n) is 13.0. The Labute approximate surface area is 139 Å². The van der Waals surface area contributed by atoms with E-state index in [1.165, 1.54) is 17.8 Å². The van der Waals surface area contributed by atoms with E-state index in [0.29, 0.717) is 30.8 Å². The van der Waals surface area contributed by atoms with Gasteiger partial charge in [0, 0.05) is 12.3 Å². The number of hydrogen-bond acceptors (Lipinski definition) is 4. The smallest absolute Gasteiger partial charge is 0.243 e. The van der Waals surface area contributed by atoms with Crippen molar-refractivity contribution in [2.75, 3.05) is 18.8 Å². The normalized spacial score (nSPS) is 22.3. The number of nitrogens with one attached hydrogen (secondary N) is 2. The molecule has 0 spiro atoms. The lowest BCUT2D eigenvalue weighted by Gasteiger charge is -2.28. The van der Waals surface area contributed by atoms with E-state index in [-0.39, 0.29) is 28.8 Å². The number of halogens is 1. The van der Waals surface area contributed by atoms with Crippen molar-refractivity contribution >= 4 is 23.6 Å². The second-order valence-corrected chi connectivity index (χ2v) is 7.00. The summed E-state index contributed by atoms with van der Waals surface area (Å²) in [5.74, 6) is -0.0588. The molecule has 4 N–H and O–H groups in total. The lowest BCUT2D eigenvalue weighted by atomic mass is 10.1. The maximum atomic E-state index is 13.7. The molecule has 3 atom stereocenters. The Bertz CT molecular complexity index is 570. The van der Waals surface area contributed by atoms with E-state index < -0.39 is 6.04 Å². The third-order valence-electron chi connectivity index (χ3n) is 3.78. The Morgan fingerprint density at radius 1 is 1.52 bits per heavy atom. The number of benzene rings is 1. The minimum Gasteiger partial charge on any atom is -0.354 e. The fourth-order valence-electron chi connectivity index (χ4n) is 2.23. The standard InChI is InChI=1S/C16H22FN3O2S/c1-10(7-18)8-19-15(21)13-9-23-14(16(22)20-13)6-11-4-2-3-5-12(11)17/h2-5,10,13-14H,6-9,18H2,1H3,(H,19,21)(H,20,22). The van der Waals surface area contributed by atoms with Gasteiger partial charge < -0.3 is 16.4 Å². The number of carbonyl (C=O) groups excluding carboxylic acids is 2. The van der Waals surface area contributed by atoms with Gasteiger partial charge in [0.05, 0.1) is 5.25 Å². The van der Waals surface area contributed by atoms with Crippen LogP contribution in [-0.4, -0.2) is 41.9 Å². The van der Waals surface area contributed by atoms with Gasteiger partial charge in [0.1, 0.15) is 11.9 Å². The van der Waals surface area contributed by atoms with Crippen molar-refractivity contribution in [3.63, 3.8) is 0 Å². The summed E-state index contributed by atoms with van der Waals surface area (Å²) in [6.45, 7) is 2.93. The number of thioether (sulfide) groups is 1. The number of rotatable bonds is 6. The van der Waals surface area contributed by atoms with Gasteiger partial charge >= 0.3 is 0 Å². The molecule has 1 heterocycles. The minimum atomic E-state index is -0.547. The number of nitrogens with two attached hydrogens (primary N) is 1. The quantitative estimate of drug-likeness (QED) is 0.712. The minimum absolute atomic E-state index is 0.194. The highest BCUT2D eigenvalue weighted by Crippen LogP contribution is 2.23. The van der Waals surface area contributed by atoms with Crippen molar-refractivity contribution in [3.05, 3.63) is 35.6 Å². The molecular formula is C16H22FN3O2S. The highest BCUT2D eigenvalue weighted by molar-refractivity contribution is 8.00. The zero-order valence-corrected chi connectivity index (χ0v) is 13.9.